The minimum absolute atomic E-state index is 0. The zero-order valence-electron chi connectivity index (χ0n) is 8.37. The molecule has 0 fully saturated rings. The molecule has 0 aliphatic heterocycles. The monoisotopic (exact) mass is 262 g/mol. The molecule has 0 aromatic carbocycles. The first-order valence-electron chi connectivity index (χ1n) is 3.27. The van der Waals surface area contributed by atoms with Gasteiger partial charge in [-0.25, -0.2) is 78.3 Å². The molecule has 0 unspecified atom stereocenters. The van der Waals surface area contributed by atoms with Crippen LogP contribution in [0.3, 0.4) is 0 Å². The van der Waals surface area contributed by atoms with Crippen LogP contribution in [0.2, 0.25) is 0 Å². The Morgan fingerprint density at radius 2 is 0.538 bits per heavy atom. The summed E-state index contributed by atoms with van der Waals surface area (Å²) in [4.78, 5) is 0. The molecule has 0 radical (unpaired) electrons. The van der Waals surface area contributed by atoms with E-state index < -0.39 is 0 Å². The van der Waals surface area contributed by atoms with Gasteiger partial charge in [-0.2, -0.15) is 0 Å². The molecular weight excluding hydrogens is 240 g/mol. The molecule has 0 saturated heterocycles. The van der Waals surface area contributed by atoms with E-state index in [0.29, 0.717) is 0 Å². The number of rotatable bonds is 0. The molecule has 13 heavy (non-hydrogen) atoms. The van der Waals surface area contributed by atoms with Crippen molar-refractivity contribution in [2.75, 3.05) is 0 Å². The van der Waals surface area contributed by atoms with Crippen molar-refractivity contribution in [2.24, 2.45) is 0 Å². The van der Waals surface area contributed by atoms with Gasteiger partial charge in [-0.15, -0.1) is 0 Å². The maximum absolute atomic E-state index is 3.25. The van der Waals surface area contributed by atoms with Crippen molar-refractivity contribution in [1.29, 1.82) is 0 Å². The van der Waals surface area contributed by atoms with Gasteiger partial charge in [-0.3, -0.25) is 0 Å². The van der Waals surface area contributed by atoms with Crippen molar-refractivity contribution in [2.45, 2.75) is 0 Å². The topological polar surface area (TPSA) is 0 Å². The van der Waals surface area contributed by atoms with Gasteiger partial charge in [0.05, 0.1) is 0 Å². The molecular formula is C12H20Mo. The molecule has 0 heterocycles. The molecule has 0 aromatic rings. The summed E-state index contributed by atoms with van der Waals surface area (Å²) in [7, 11) is 0. The average Bonchev–Trinajstić information content (AvgIpc) is 1.92. The van der Waals surface area contributed by atoms with Gasteiger partial charge in [0, 0.05) is 0 Å². The van der Waals surface area contributed by atoms with E-state index in [-0.39, 0.29) is 21.1 Å². The van der Waals surface area contributed by atoms with E-state index in [2.05, 4.69) is 54.0 Å². The third-order valence-corrected chi connectivity index (χ3v) is 0. The predicted octanol–water partition coefficient (Wildman–Crippen LogP) is 4.02. The fourth-order valence-electron chi connectivity index (χ4n) is 0. The SMILES string of the molecule is C=C[CH2-].C=C[CH2-].C=C[CH2-].C=C[CH2-].[Mo+4]. The zero-order chi connectivity index (χ0) is 10.8. The summed E-state index contributed by atoms with van der Waals surface area (Å²) in [6, 6.07) is 0. The van der Waals surface area contributed by atoms with E-state index in [0.717, 1.165) is 0 Å². The molecule has 0 aliphatic carbocycles. The Labute approximate surface area is 99.4 Å². The molecule has 74 valence electrons. The van der Waals surface area contributed by atoms with Crippen molar-refractivity contribution < 1.29 is 21.1 Å². The van der Waals surface area contributed by atoms with Gasteiger partial charge < -0.3 is 0 Å². The molecule has 1 heteroatoms. The summed E-state index contributed by atoms with van der Waals surface area (Å²) < 4.78 is 0. The minimum atomic E-state index is 0. The minimum Gasteiger partial charge on any atom is -0.245 e. The van der Waals surface area contributed by atoms with Crippen LogP contribution in [0.5, 0.6) is 0 Å². The van der Waals surface area contributed by atoms with Gasteiger partial charge in [-0.05, 0) is 0 Å². The number of hydrogen-bond acceptors (Lipinski definition) is 0. The molecule has 0 atom stereocenters. The fraction of sp³-hybridized carbons (Fsp3) is 0. The fourth-order valence-corrected chi connectivity index (χ4v) is 0. The van der Waals surface area contributed by atoms with Crippen LogP contribution in [-0.4, -0.2) is 0 Å². The van der Waals surface area contributed by atoms with Crippen molar-refractivity contribution in [3.05, 3.63) is 78.3 Å². The average molecular weight is 260 g/mol. The summed E-state index contributed by atoms with van der Waals surface area (Å²) in [5.41, 5.74) is 0. The van der Waals surface area contributed by atoms with Crippen LogP contribution < -0.4 is 0 Å². The van der Waals surface area contributed by atoms with Crippen LogP contribution >= 0.6 is 0 Å². The van der Waals surface area contributed by atoms with E-state index in [1.807, 2.05) is 0 Å². The third-order valence-electron chi connectivity index (χ3n) is 0. The van der Waals surface area contributed by atoms with Crippen LogP contribution in [0.4, 0.5) is 0 Å². The first kappa shape index (κ1) is 29.6. The van der Waals surface area contributed by atoms with Crippen LogP contribution in [0.15, 0.2) is 50.6 Å². The molecule has 0 aliphatic rings. The Hall–Kier alpha value is -0.872. The Bertz CT molecular complexity index is 59.1. The predicted molar refractivity (Wildman–Crippen MR) is 62.2 cm³/mol. The van der Waals surface area contributed by atoms with Gasteiger partial charge >= 0.3 is 21.1 Å². The Kier molecular flexibility index (Phi) is 265. The van der Waals surface area contributed by atoms with E-state index in [1.54, 1.807) is 0 Å². The summed E-state index contributed by atoms with van der Waals surface area (Å²) >= 11 is 0. The van der Waals surface area contributed by atoms with Gasteiger partial charge in [0.1, 0.15) is 0 Å². The van der Waals surface area contributed by atoms with Gasteiger partial charge in [0.2, 0.25) is 0 Å². The van der Waals surface area contributed by atoms with Gasteiger partial charge in [0.15, 0.2) is 0 Å². The summed E-state index contributed by atoms with van der Waals surface area (Å²) in [5, 5.41) is 0. The molecule has 0 amide bonds. The molecule has 0 nitrogen and oxygen atoms in total. The largest absolute Gasteiger partial charge is 4.00 e. The molecule has 0 saturated carbocycles. The molecule has 0 bridgehead atoms. The maximum atomic E-state index is 3.25. The van der Waals surface area contributed by atoms with Crippen molar-refractivity contribution in [1.82, 2.24) is 0 Å². The molecule has 0 N–H and O–H groups in total. The summed E-state index contributed by atoms with van der Waals surface area (Å²) in [5.74, 6) is 0. The zero-order valence-corrected chi connectivity index (χ0v) is 10.4. The van der Waals surface area contributed by atoms with Crippen LogP contribution in [0, 0.1) is 27.7 Å². The first-order valence-corrected chi connectivity index (χ1v) is 3.27. The van der Waals surface area contributed by atoms with Crippen LogP contribution in [0.1, 0.15) is 0 Å². The van der Waals surface area contributed by atoms with Crippen molar-refractivity contribution in [3.8, 4) is 0 Å². The summed E-state index contributed by atoms with van der Waals surface area (Å²) in [6.45, 7) is 26.0. The maximum Gasteiger partial charge on any atom is 4.00 e. The Balaban J connectivity index is -0.0000000213. The van der Waals surface area contributed by atoms with Crippen LogP contribution in [0.25, 0.3) is 0 Å². The van der Waals surface area contributed by atoms with E-state index >= 15 is 0 Å². The Morgan fingerprint density at radius 3 is 0.538 bits per heavy atom. The summed E-state index contributed by atoms with van der Waals surface area (Å²) in [6.07, 6.45) is 6.00. The Morgan fingerprint density at radius 1 is 0.538 bits per heavy atom. The first-order chi connectivity index (χ1) is 5.66. The second kappa shape index (κ2) is 117. The number of allylic oxidation sites excluding steroid dienone is 4. The van der Waals surface area contributed by atoms with Crippen molar-refractivity contribution >= 4 is 0 Å². The van der Waals surface area contributed by atoms with E-state index in [1.165, 1.54) is 24.3 Å². The molecule has 0 spiro atoms. The second-order valence-electron chi connectivity index (χ2n) is 1.15. The third kappa shape index (κ3) is 1220. The quantitative estimate of drug-likeness (QED) is 0.456. The number of hydrogen-bond donors (Lipinski definition) is 0. The van der Waals surface area contributed by atoms with E-state index in [9.17, 15) is 0 Å². The van der Waals surface area contributed by atoms with Gasteiger partial charge in [0.25, 0.3) is 0 Å². The van der Waals surface area contributed by atoms with Crippen molar-refractivity contribution in [3.63, 3.8) is 0 Å². The van der Waals surface area contributed by atoms with Gasteiger partial charge in [-0.1, -0.05) is 0 Å². The smallest absolute Gasteiger partial charge is 0.245 e. The standard InChI is InChI=1S/4C3H5.Mo/c4*1-3-2;/h4*3H,1-2H2;/q4*-1;+4. The van der Waals surface area contributed by atoms with Crippen LogP contribution in [-0.2, 0) is 21.1 Å². The molecule has 0 rings (SSSR count). The normalized spacial score (nSPS) is 3.69. The molecule has 0 aromatic heterocycles. The second-order valence-corrected chi connectivity index (χ2v) is 1.15. The van der Waals surface area contributed by atoms with E-state index in [4.69, 9.17) is 0 Å².